The topological polar surface area (TPSA) is 32.7 Å². The van der Waals surface area contributed by atoms with Crippen LogP contribution in [0.15, 0.2) is 42.5 Å². The number of hydrogen-bond acceptors (Lipinski definition) is 3. The van der Waals surface area contributed by atoms with Crippen LogP contribution in [0.25, 0.3) is 0 Å². The highest BCUT2D eigenvalue weighted by molar-refractivity contribution is 7.48. The standard InChI is InChI=1S/C22H32NO2P/c1-6-14-22(7-2,19-15-18(25-5)12-13-20(19)24)26-21-11-9-8-10-17(21)16-23(3)4/h8-13,15,24,26H,6-7,14,16H2,1-5H3. The van der Waals surface area contributed by atoms with Crippen molar-refractivity contribution in [3.05, 3.63) is 53.6 Å². The molecule has 0 aliphatic heterocycles. The average Bonchev–Trinajstić information content (AvgIpc) is 2.63. The molecule has 2 aromatic carbocycles. The van der Waals surface area contributed by atoms with E-state index in [4.69, 9.17) is 4.74 Å². The largest absolute Gasteiger partial charge is 0.508 e. The Labute approximate surface area is 160 Å². The number of methoxy groups -OCH3 is 1. The molecule has 4 heteroatoms. The van der Waals surface area contributed by atoms with Crippen LogP contribution in [0.4, 0.5) is 0 Å². The van der Waals surface area contributed by atoms with Crippen molar-refractivity contribution in [1.29, 1.82) is 0 Å². The predicted octanol–water partition coefficient (Wildman–Crippen LogP) is 4.87. The van der Waals surface area contributed by atoms with E-state index in [1.54, 1.807) is 13.2 Å². The number of rotatable bonds is 9. The normalized spacial score (nSPS) is 14.1. The zero-order valence-corrected chi connectivity index (χ0v) is 17.7. The van der Waals surface area contributed by atoms with E-state index in [0.29, 0.717) is 14.3 Å². The zero-order valence-electron chi connectivity index (χ0n) is 16.7. The molecular weight excluding hydrogens is 341 g/mol. The molecule has 0 spiro atoms. The highest BCUT2D eigenvalue weighted by Crippen LogP contribution is 2.51. The van der Waals surface area contributed by atoms with Gasteiger partial charge < -0.3 is 14.7 Å². The highest BCUT2D eigenvalue weighted by atomic mass is 31.1. The third-order valence-corrected chi connectivity index (χ3v) is 6.99. The summed E-state index contributed by atoms with van der Waals surface area (Å²) in [4.78, 5) is 2.21. The number of phenols is 1. The maximum Gasteiger partial charge on any atom is 0.119 e. The van der Waals surface area contributed by atoms with Crippen LogP contribution in [0.5, 0.6) is 11.5 Å². The molecule has 3 nitrogen and oxygen atoms in total. The summed E-state index contributed by atoms with van der Waals surface area (Å²) in [6.45, 7) is 5.38. The molecule has 0 saturated heterocycles. The van der Waals surface area contributed by atoms with Gasteiger partial charge in [0.05, 0.1) is 7.11 Å². The van der Waals surface area contributed by atoms with E-state index in [1.807, 2.05) is 12.1 Å². The van der Waals surface area contributed by atoms with Crippen molar-refractivity contribution in [2.45, 2.75) is 44.8 Å². The van der Waals surface area contributed by atoms with Gasteiger partial charge in [-0.05, 0) is 56.0 Å². The summed E-state index contributed by atoms with van der Waals surface area (Å²) < 4.78 is 5.44. The van der Waals surface area contributed by atoms with E-state index in [2.05, 4.69) is 57.1 Å². The van der Waals surface area contributed by atoms with Crippen molar-refractivity contribution in [3.63, 3.8) is 0 Å². The first-order chi connectivity index (χ1) is 12.5. The Morgan fingerprint density at radius 2 is 1.85 bits per heavy atom. The van der Waals surface area contributed by atoms with Gasteiger partial charge in [-0.25, -0.2) is 0 Å². The van der Waals surface area contributed by atoms with Crippen LogP contribution >= 0.6 is 8.58 Å². The van der Waals surface area contributed by atoms with Crippen LogP contribution in [0.2, 0.25) is 0 Å². The van der Waals surface area contributed by atoms with Crippen molar-refractivity contribution in [1.82, 2.24) is 4.90 Å². The summed E-state index contributed by atoms with van der Waals surface area (Å²) in [5.74, 6) is 1.18. The molecule has 26 heavy (non-hydrogen) atoms. The number of aromatic hydroxyl groups is 1. The fourth-order valence-electron chi connectivity index (χ4n) is 3.55. The van der Waals surface area contributed by atoms with Crippen LogP contribution in [0.3, 0.4) is 0 Å². The molecular formula is C22H32NO2P. The summed E-state index contributed by atoms with van der Waals surface area (Å²) >= 11 is 0. The van der Waals surface area contributed by atoms with Gasteiger partial charge in [-0.1, -0.05) is 53.1 Å². The number of ether oxygens (including phenoxy) is 1. The van der Waals surface area contributed by atoms with Crippen molar-refractivity contribution in [2.75, 3.05) is 21.2 Å². The monoisotopic (exact) mass is 373 g/mol. The van der Waals surface area contributed by atoms with E-state index in [1.165, 1.54) is 10.9 Å². The van der Waals surface area contributed by atoms with Crippen molar-refractivity contribution in [2.24, 2.45) is 0 Å². The first-order valence-electron chi connectivity index (χ1n) is 9.34. The number of phenolic OH excluding ortho intramolecular Hbond substituents is 1. The number of nitrogens with zero attached hydrogens (tertiary/aromatic N) is 1. The van der Waals surface area contributed by atoms with Crippen molar-refractivity contribution < 1.29 is 9.84 Å². The Bertz CT molecular complexity index is 717. The molecule has 0 radical (unpaired) electrons. The van der Waals surface area contributed by atoms with E-state index in [9.17, 15) is 5.11 Å². The molecule has 0 aliphatic rings. The summed E-state index contributed by atoms with van der Waals surface area (Å²) in [6, 6.07) is 14.3. The lowest BCUT2D eigenvalue weighted by molar-refractivity contribution is 0.403. The summed E-state index contributed by atoms with van der Waals surface area (Å²) in [7, 11) is 6.49. The highest BCUT2D eigenvalue weighted by Gasteiger charge is 2.33. The lowest BCUT2D eigenvalue weighted by Crippen LogP contribution is -2.25. The molecule has 0 bridgehead atoms. The van der Waals surface area contributed by atoms with E-state index in [0.717, 1.165) is 37.1 Å². The second kappa shape index (κ2) is 9.39. The van der Waals surface area contributed by atoms with Gasteiger partial charge in [0.2, 0.25) is 0 Å². The molecule has 0 heterocycles. The Morgan fingerprint density at radius 1 is 1.12 bits per heavy atom. The van der Waals surface area contributed by atoms with Gasteiger partial charge in [-0.2, -0.15) is 0 Å². The van der Waals surface area contributed by atoms with Gasteiger partial charge in [0.25, 0.3) is 0 Å². The number of hydrogen-bond donors (Lipinski definition) is 1. The minimum absolute atomic E-state index is 0.0736. The molecule has 0 fully saturated rings. The summed E-state index contributed by atoms with van der Waals surface area (Å²) in [5, 5.41) is 12.0. The van der Waals surface area contributed by atoms with Crippen molar-refractivity contribution in [3.8, 4) is 11.5 Å². The molecule has 0 saturated carbocycles. The minimum Gasteiger partial charge on any atom is -0.508 e. The molecule has 0 aliphatic carbocycles. The quantitative estimate of drug-likeness (QED) is 0.637. The van der Waals surface area contributed by atoms with E-state index >= 15 is 0 Å². The molecule has 2 aromatic rings. The van der Waals surface area contributed by atoms with Crippen LogP contribution in [-0.4, -0.2) is 31.2 Å². The lowest BCUT2D eigenvalue weighted by atomic mass is 9.90. The number of benzene rings is 2. The first-order valence-corrected chi connectivity index (χ1v) is 10.3. The molecule has 2 unspecified atom stereocenters. The third-order valence-electron chi connectivity index (χ3n) is 4.88. The molecule has 0 aromatic heterocycles. The maximum absolute atomic E-state index is 10.7. The zero-order chi connectivity index (χ0) is 19.2. The first kappa shape index (κ1) is 20.7. The van der Waals surface area contributed by atoms with Gasteiger partial charge in [-0.15, -0.1) is 0 Å². The van der Waals surface area contributed by atoms with E-state index < -0.39 is 0 Å². The maximum atomic E-state index is 10.7. The Morgan fingerprint density at radius 3 is 2.46 bits per heavy atom. The molecule has 1 N–H and O–H groups in total. The third kappa shape index (κ3) is 4.78. The van der Waals surface area contributed by atoms with Gasteiger partial charge >= 0.3 is 0 Å². The van der Waals surface area contributed by atoms with Gasteiger partial charge in [-0.3, -0.25) is 0 Å². The predicted molar refractivity (Wildman–Crippen MR) is 113 cm³/mol. The fourth-order valence-corrected chi connectivity index (χ4v) is 5.46. The van der Waals surface area contributed by atoms with Crippen molar-refractivity contribution >= 4 is 13.9 Å². The molecule has 0 amide bonds. The van der Waals surface area contributed by atoms with E-state index in [-0.39, 0.29) is 5.16 Å². The minimum atomic E-state index is -0.0736. The lowest BCUT2D eigenvalue weighted by Gasteiger charge is -2.35. The molecule has 2 rings (SSSR count). The molecule has 142 valence electrons. The van der Waals surface area contributed by atoms with Crippen LogP contribution < -0.4 is 10.0 Å². The summed E-state index contributed by atoms with van der Waals surface area (Å²) in [5.41, 5.74) is 2.38. The second-order valence-corrected chi connectivity index (χ2v) is 8.83. The SMILES string of the molecule is CCCC(CC)(Pc1ccccc1CN(C)C)c1cc(OC)ccc1O. The van der Waals surface area contributed by atoms with Crippen LogP contribution in [0, 0.1) is 0 Å². The summed E-state index contributed by atoms with van der Waals surface area (Å²) in [6.07, 6.45) is 3.10. The Kier molecular flexibility index (Phi) is 7.49. The van der Waals surface area contributed by atoms with Crippen LogP contribution in [0.1, 0.15) is 44.2 Å². The fraction of sp³-hybridized carbons (Fsp3) is 0.455. The van der Waals surface area contributed by atoms with Crippen LogP contribution in [-0.2, 0) is 11.7 Å². The Hall–Kier alpha value is -1.57. The molecule has 2 atom stereocenters. The van der Waals surface area contributed by atoms with Gasteiger partial charge in [0.15, 0.2) is 0 Å². The smallest absolute Gasteiger partial charge is 0.119 e. The average molecular weight is 373 g/mol. The Balaban J connectivity index is 2.52. The van der Waals surface area contributed by atoms with Gasteiger partial charge in [0, 0.05) is 17.3 Å². The van der Waals surface area contributed by atoms with Gasteiger partial charge in [0.1, 0.15) is 11.5 Å². The second-order valence-electron chi connectivity index (χ2n) is 7.09.